The van der Waals surface area contributed by atoms with Gasteiger partial charge in [0.1, 0.15) is 4.58 Å². The number of rotatable bonds is 3. The van der Waals surface area contributed by atoms with Crippen LogP contribution in [-0.4, -0.2) is 26.3 Å². The van der Waals surface area contributed by atoms with Gasteiger partial charge in [-0.1, -0.05) is 0 Å². The van der Waals surface area contributed by atoms with Crippen molar-refractivity contribution in [2.75, 3.05) is 13.3 Å². The summed E-state index contributed by atoms with van der Waals surface area (Å²) in [6, 6.07) is 0. The van der Waals surface area contributed by atoms with Crippen LogP contribution in [0.25, 0.3) is 0 Å². The van der Waals surface area contributed by atoms with Gasteiger partial charge in [-0.25, -0.2) is 13.1 Å². The van der Waals surface area contributed by atoms with Crippen LogP contribution in [0.4, 0.5) is 0 Å². The molecular formula is C4H11NO2S2. The molecule has 0 spiro atoms. The molecule has 0 bridgehead atoms. The van der Waals surface area contributed by atoms with Crippen molar-refractivity contribution < 1.29 is 8.42 Å². The summed E-state index contributed by atoms with van der Waals surface area (Å²) in [6.07, 6.45) is 1.76. The summed E-state index contributed by atoms with van der Waals surface area (Å²) < 4.78 is 23.5. The minimum absolute atomic E-state index is 0.359. The molecule has 5 heteroatoms. The monoisotopic (exact) mass is 169 g/mol. The zero-order chi connectivity index (χ0) is 7.49. The maximum Gasteiger partial charge on any atom is 0.223 e. The Morgan fingerprint density at radius 2 is 2.00 bits per heavy atom. The van der Waals surface area contributed by atoms with E-state index in [1.165, 1.54) is 18.8 Å². The Morgan fingerprint density at radius 1 is 1.56 bits per heavy atom. The third kappa shape index (κ3) is 2.55. The topological polar surface area (TPSA) is 46.2 Å². The average molecular weight is 169 g/mol. The summed E-state index contributed by atoms with van der Waals surface area (Å²) in [5.74, 6) is 0. The molecule has 0 rings (SSSR count). The highest BCUT2D eigenvalue weighted by Gasteiger charge is 2.15. The van der Waals surface area contributed by atoms with E-state index in [-0.39, 0.29) is 4.58 Å². The summed E-state index contributed by atoms with van der Waals surface area (Å²) in [7, 11) is -1.62. The third-order valence-electron chi connectivity index (χ3n) is 1.05. The summed E-state index contributed by atoms with van der Waals surface area (Å²) in [5, 5.41) is 0. The summed E-state index contributed by atoms with van der Waals surface area (Å²) in [4.78, 5) is 0. The first-order valence-electron chi connectivity index (χ1n) is 2.49. The molecule has 1 N–H and O–H groups in total. The fraction of sp³-hybridized carbons (Fsp3) is 1.00. The van der Waals surface area contributed by atoms with Gasteiger partial charge in [0.05, 0.1) is 0 Å². The highest BCUT2D eigenvalue weighted by molar-refractivity contribution is 8.12. The van der Waals surface area contributed by atoms with E-state index in [4.69, 9.17) is 0 Å². The molecule has 0 aromatic rings. The highest BCUT2D eigenvalue weighted by Crippen LogP contribution is 2.10. The van der Waals surface area contributed by atoms with Gasteiger partial charge in [-0.2, -0.15) is 0 Å². The molecule has 9 heavy (non-hydrogen) atoms. The zero-order valence-corrected chi connectivity index (χ0v) is 7.34. The molecule has 1 unspecified atom stereocenters. The van der Waals surface area contributed by atoms with Crippen molar-refractivity contribution in [3.63, 3.8) is 0 Å². The molecule has 0 heterocycles. The second kappa shape index (κ2) is 3.43. The molecule has 0 amide bonds. The van der Waals surface area contributed by atoms with E-state index in [1.807, 2.05) is 0 Å². The first-order chi connectivity index (χ1) is 4.04. The van der Waals surface area contributed by atoms with Crippen molar-refractivity contribution in [1.29, 1.82) is 0 Å². The van der Waals surface area contributed by atoms with Crippen LogP contribution in [-0.2, 0) is 10.0 Å². The van der Waals surface area contributed by atoms with E-state index in [0.717, 1.165) is 0 Å². The predicted molar refractivity (Wildman–Crippen MR) is 41.0 cm³/mol. The van der Waals surface area contributed by atoms with Gasteiger partial charge in [0.15, 0.2) is 0 Å². The number of hydrogen-bond acceptors (Lipinski definition) is 3. The zero-order valence-electron chi connectivity index (χ0n) is 5.71. The Kier molecular flexibility index (Phi) is 3.53. The van der Waals surface area contributed by atoms with Crippen molar-refractivity contribution in [3.8, 4) is 0 Å². The SMILES string of the molecule is CNS(=O)(=O)C(C)SC. The van der Waals surface area contributed by atoms with E-state index >= 15 is 0 Å². The molecule has 1 atom stereocenters. The molecule has 0 aliphatic heterocycles. The summed E-state index contributed by atoms with van der Waals surface area (Å²) >= 11 is 1.31. The lowest BCUT2D eigenvalue weighted by Gasteiger charge is -2.06. The Balaban J connectivity index is 4.17. The Morgan fingerprint density at radius 3 is 2.11 bits per heavy atom. The van der Waals surface area contributed by atoms with E-state index in [2.05, 4.69) is 4.72 Å². The van der Waals surface area contributed by atoms with Gasteiger partial charge in [0.2, 0.25) is 10.0 Å². The maximum absolute atomic E-state index is 10.8. The first kappa shape index (κ1) is 9.26. The van der Waals surface area contributed by atoms with Gasteiger partial charge in [0, 0.05) is 0 Å². The number of nitrogens with one attached hydrogen (secondary N) is 1. The van der Waals surface area contributed by atoms with Gasteiger partial charge < -0.3 is 0 Å². The van der Waals surface area contributed by atoms with Crippen LogP contribution in [0.3, 0.4) is 0 Å². The quantitative estimate of drug-likeness (QED) is 0.658. The van der Waals surface area contributed by atoms with Crippen molar-refractivity contribution in [1.82, 2.24) is 4.72 Å². The molecule has 56 valence electrons. The van der Waals surface area contributed by atoms with Crippen LogP contribution in [0.1, 0.15) is 6.92 Å². The molecule has 0 saturated heterocycles. The lowest BCUT2D eigenvalue weighted by atomic mass is 11.0. The van der Waals surface area contributed by atoms with E-state index in [9.17, 15) is 8.42 Å². The van der Waals surface area contributed by atoms with Crippen LogP contribution in [0.15, 0.2) is 0 Å². The minimum atomic E-state index is -3.04. The Bertz CT molecular complexity index is 163. The van der Waals surface area contributed by atoms with E-state index in [0.29, 0.717) is 0 Å². The van der Waals surface area contributed by atoms with Crippen LogP contribution in [0.5, 0.6) is 0 Å². The largest absolute Gasteiger partial charge is 0.223 e. The van der Waals surface area contributed by atoms with Crippen LogP contribution in [0, 0.1) is 0 Å². The maximum atomic E-state index is 10.8. The van der Waals surface area contributed by atoms with E-state index in [1.54, 1.807) is 13.2 Å². The number of thioether (sulfide) groups is 1. The van der Waals surface area contributed by atoms with Gasteiger partial charge in [0.25, 0.3) is 0 Å². The highest BCUT2D eigenvalue weighted by atomic mass is 32.3. The van der Waals surface area contributed by atoms with Crippen LogP contribution >= 0.6 is 11.8 Å². The van der Waals surface area contributed by atoms with Crippen LogP contribution < -0.4 is 4.72 Å². The molecule has 0 saturated carbocycles. The van der Waals surface area contributed by atoms with Crippen molar-refractivity contribution >= 4 is 21.8 Å². The standard InChI is InChI=1S/C4H11NO2S2/c1-4(8-3)9(6,7)5-2/h4-5H,1-3H3. The Labute approximate surface area is 60.3 Å². The molecule has 0 radical (unpaired) electrons. The molecule has 0 aromatic carbocycles. The smallest absolute Gasteiger partial charge is 0.217 e. The lowest BCUT2D eigenvalue weighted by molar-refractivity contribution is 0.587. The third-order valence-corrected chi connectivity index (χ3v) is 4.50. The lowest BCUT2D eigenvalue weighted by Crippen LogP contribution is -2.26. The normalized spacial score (nSPS) is 15.4. The van der Waals surface area contributed by atoms with E-state index < -0.39 is 10.0 Å². The molecule has 0 aromatic heterocycles. The van der Waals surface area contributed by atoms with Gasteiger partial charge in [-0.05, 0) is 20.2 Å². The molecule has 0 aliphatic carbocycles. The molecule has 0 aliphatic rings. The minimum Gasteiger partial charge on any atom is -0.217 e. The van der Waals surface area contributed by atoms with Crippen LogP contribution in [0.2, 0.25) is 0 Å². The van der Waals surface area contributed by atoms with Gasteiger partial charge in [-0.15, -0.1) is 11.8 Å². The summed E-state index contributed by atoms with van der Waals surface area (Å²) in [5.41, 5.74) is 0. The van der Waals surface area contributed by atoms with Crippen molar-refractivity contribution in [2.45, 2.75) is 11.5 Å². The van der Waals surface area contributed by atoms with Gasteiger partial charge >= 0.3 is 0 Å². The average Bonchev–Trinajstić information content (AvgIpc) is 1.86. The Hall–Kier alpha value is 0.260. The predicted octanol–water partition coefficient (Wildman–Crippen LogP) is 0.245. The first-order valence-corrected chi connectivity index (χ1v) is 5.33. The second-order valence-electron chi connectivity index (χ2n) is 1.55. The summed E-state index contributed by atoms with van der Waals surface area (Å²) in [6.45, 7) is 1.65. The van der Waals surface area contributed by atoms with Crippen molar-refractivity contribution in [3.05, 3.63) is 0 Å². The number of sulfonamides is 1. The van der Waals surface area contributed by atoms with Crippen molar-refractivity contribution in [2.24, 2.45) is 0 Å². The molecule has 3 nitrogen and oxygen atoms in total. The fourth-order valence-corrected chi connectivity index (χ4v) is 1.93. The second-order valence-corrected chi connectivity index (χ2v) is 5.23. The van der Waals surface area contributed by atoms with Gasteiger partial charge in [-0.3, -0.25) is 0 Å². The number of hydrogen-bond donors (Lipinski definition) is 1. The fourth-order valence-electron chi connectivity index (χ4n) is 0.293. The molecular weight excluding hydrogens is 158 g/mol. The molecule has 0 fully saturated rings.